The SMILES string of the molecule is O=C(Cn1cnnn1)NC[C@@H]1CCCN(Cc2ccccc2F)C1. The molecular formula is C16H21FN6O. The van der Waals surface area contributed by atoms with Crippen LogP contribution in [0.1, 0.15) is 18.4 Å². The van der Waals surface area contributed by atoms with E-state index in [4.69, 9.17) is 0 Å². The van der Waals surface area contributed by atoms with Crippen LogP contribution in [-0.2, 0) is 17.9 Å². The van der Waals surface area contributed by atoms with Gasteiger partial charge in [0.05, 0.1) is 0 Å². The van der Waals surface area contributed by atoms with Crippen LogP contribution in [0.3, 0.4) is 0 Å². The molecule has 24 heavy (non-hydrogen) atoms. The van der Waals surface area contributed by atoms with Crippen molar-refractivity contribution in [2.75, 3.05) is 19.6 Å². The van der Waals surface area contributed by atoms with E-state index in [-0.39, 0.29) is 18.3 Å². The van der Waals surface area contributed by atoms with Crippen molar-refractivity contribution in [2.45, 2.75) is 25.9 Å². The Morgan fingerprint density at radius 3 is 3.04 bits per heavy atom. The van der Waals surface area contributed by atoms with Crippen molar-refractivity contribution in [3.05, 3.63) is 42.0 Å². The number of likely N-dealkylation sites (tertiary alicyclic amines) is 1. The first-order valence-corrected chi connectivity index (χ1v) is 8.14. The highest BCUT2D eigenvalue weighted by atomic mass is 19.1. The van der Waals surface area contributed by atoms with Gasteiger partial charge < -0.3 is 5.32 Å². The molecule has 1 aliphatic rings. The number of carbonyl (C=O) groups excluding carboxylic acids is 1. The molecule has 0 bridgehead atoms. The molecule has 1 aromatic heterocycles. The summed E-state index contributed by atoms with van der Waals surface area (Å²) in [7, 11) is 0. The standard InChI is InChI=1S/C16H21FN6O/c17-15-6-2-1-5-14(15)10-22-7-3-4-13(9-22)8-18-16(24)11-23-12-19-20-21-23/h1-2,5-6,12-13H,3-4,7-11H2,(H,18,24)/t13-/m0/s1. The smallest absolute Gasteiger partial charge is 0.241 e. The van der Waals surface area contributed by atoms with Gasteiger partial charge in [-0.2, -0.15) is 0 Å². The Kier molecular flexibility index (Phi) is 5.47. The zero-order chi connectivity index (χ0) is 16.8. The van der Waals surface area contributed by atoms with Crippen LogP contribution in [0.25, 0.3) is 0 Å². The molecule has 1 amide bonds. The van der Waals surface area contributed by atoms with Crippen LogP contribution in [0, 0.1) is 11.7 Å². The van der Waals surface area contributed by atoms with Gasteiger partial charge in [0.15, 0.2) is 0 Å². The molecule has 1 saturated heterocycles. The molecule has 8 heteroatoms. The van der Waals surface area contributed by atoms with Crippen LogP contribution in [0.4, 0.5) is 4.39 Å². The van der Waals surface area contributed by atoms with Gasteiger partial charge in [-0.3, -0.25) is 9.69 Å². The Labute approximate surface area is 139 Å². The molecule has 1 aliphatic heterocycles. The van der Waals surface area contributed by atoms with Gasteiger partial charge in [-0.25, -0.2) is 9.07 Å². The zero-order valence-corrected chi connectivity index (χ0v) is 13.4. The van der Waals surface area contributed by atoms with Crippen molar-refractivity contribution in [2.24, 2.45) is 5.92 Å². The maximum Gasteiger partial charge on any atom is 0.241 e. The van der Waals surface area contributed by atoms with Crippen LogP contribution in [0.2, 0.25) is 0 Å². The summed E-state index contributed by atoms with van der Waals surface area (Å²) in [6.07, 6.45) is 3.54. The molecule has 1 N–H and O–H groups in total. The number of carbonyl (C=O) groups is 1. The van der Waals surface area contributed by atoms with Crippen molar-refractivity contribution in [3.8, 4) is 0 Å². The monoisotopic (exact) mass is 332 g/mol. The van der Waals surface area contributed by atoms with Gasteiger partial charge in [0.1, 0.15) is 18.7 Å². The van der Waals surface area contributed by atoms with E-state index in [9.17, 15) is 9.18 Å². The van der Waals surface area contributed by atoms with E-state index in [2.05, 4.69) is 25.7 Å². The number of hydrogen-bond donors (Lipinski definition) is 1. The molecule has 0 aliphatic carbocycles. The van der Waals surface area contributed by atoms with E-state index in [1.54, 1.807) is 6.07 Å². The highest BCUT2D eigenvalue weighted by Crippen LogP contribution is 2.19. The highest BCUT2D eigenvalue weighted by Gasteiger charge is 2.21. The third-order valence-electron chi connectivity index (χ3n) is 4.24. The quantitative estimate of drug-likeness (QED) is 0.848. The number of nitrogens with one attached hydrogen (secondary N) is 1. The van der Waals surface area contributed by atoms with E-state index >= 15 is 0 Å². The van der Waals surface area contributed by atoms with Gasteiger partial charge in [0.2, 0.25) is 5.91 Å². The fraction of sp³-hybridized carbons (Fsp3) is 0.500. The maximum absolute atomic E-state index is 13.8. The third kappa shape index (κ3) is 4.58. The first kappa shape index (κ1) is 16.5. The fourth-order valence-corrected chi connectivity index (χ4v) is 3.04. The van der Waals surface area contributed by atoms with Gasteiger partial charge in [-0.1, -0.05) is 18.2 Å². The average Bonchev–Trinajstić information content (AvgIpc) is 3.08. The molecule has 7 nitrogen and oxygen atoms in total. The van der Waals surface area contributed by atoms with Crippen LogP contribution in [-0.4, -0.2) is 50.6 Å². The van der Waals surface area contributed by atoms with Gasteiger partial charge in [-0.05, 0) is 41.8 Å². The zero-order valence-electron chi connectivity index (χ0n) is 13.4. The lowest BCUT2D eigenvalue weighted by molar-refractivity contribution is -0.122. The molecule has 0 radical (unpaired) electrons. The highest BCUT2D eigenvalue weighted by molar-refractivity contribution is 5.75. The molecule has 128 valence electrons. The second kappa shape index (κ2) is 7.96. The van der Waals surface area contributed by atoms with Crippen LogP contribution >= 0.6 is 0 Å². The number of halogens is 1. The molecule has 1 aromatic carbocycles. The van der Waals surface area contributed by atoms with Crippen LogP contribution in [0.15, 0.2) is 30.6 Å². The Morgan fingerprint density at radius 1 is 1.38 bits per heavy atom. The van der Waals surface area contributed by atoms with Crippen molar-refractivity contribution >= 4 is 5.91 Å². The number of benzene rings is 1. The summed E-state index contributed by atoms with van der Waals surface area (Å²) >= 11 is 0. The molecule has 1 fully saturated rings. The first-order valence-electron chi connectivity index (χ1n) is 8.14. The lowest BCUT2D eigenvalue weighted by Gasteiger charge is -2.32. The first-order chi connectivity index (χ1) is 11.7. The van der Waals surface area contributed by atoms with E-state index in [0.717, 1.165) is 31.5 Å². The molecule has 2 heterocycles. The van der Waals surface area contributed by atoms with Crippen molar-refractivity contribution in [3.63, 3.8) is 0 Å². The topological polar surface area (TPSA) is 75.9 Å². The molecular weight excluding hydrogens is 311 g/mol. The summed E-state index contributed by atoms with van der Waals surface area (Å²) < 4.78 is 15.2. The van der Waals surface area contributed by atoms with Gasteiger partial charge >= 0.3 is 0 Å². The second-order valence-corrected chi connectivity index (χ2v) is 6.15. The minimum atomic E-state index is -0.158. The summed E-state index contributed by atoms with van der Waals surface area (Å²) in [6, 6.07) is 6.89. The van der Waals surface area contributed by atoms with E-state index < -0.39 is 0 Å². The largest absolute Gasteiger partial charge is 0.354 e. The van der Waals surface area contributed by atoms with Gasteiger partial charge in [0.25, 0.3) is 0 Å². The molecule has 2 aromatic rings. The number of aromatic nitrogens is 4. The predicted molar refractivity (Wildman–Crippen MR) is 85.2 cm³/mol. The van der Waals surface area contributed by atoms with E-state index in [0.29, 0.717) is 19.0 Å². The molecule has 0 spiro atoms. The van der Waals surface area contributed by atoms with Crippen molar-refractivity contribution < 1.29 is 9.18 Å². The minimum Gasteiger partial charge on any atom is -0.354 e. The van der Waals surface area contributed by atoms with Gasteiger partial charge in [0, 0.05) is 25.2 Å². The normalized spacial score (nSPS) is 18.5. The number of tetrazole rings is 1. The van der Waals surface area contributed by atoms with E-state index in [1.807, 2.05) is 12.1 Å². The number of nitrogens with zero attached hydrogens (tertiary/aromatic N) is 5. The molecule has 0 saturated carbocycles. The van der Waals surface area contributed by atoms with Crippen molar-refractivity contribution in [1.82, 2.24) is 30.4 Å². The second-order valence-electron chi connectivity index (χ2n) is 6.15. The summed E-state index contributed by atoms with van der Waals surface area (Å²) in [5.41, 5.74) is 0.723. The van der Waals surface area contributed by atoms with Crippen molar-refractivity contribution in [1.29, 1.82) is 0 Å². The Hall–Kier alpha value is -2.35. The molecule has 1 atom stereocenters. The van der Waals surface area contributed by atoms with Gasteiger partial charge in [-0.15, -0.1) is 5.10 Å². The summed E-state index contributed by atoms with van der Waals surface area (Å²) in [5.74, 6) is 0.117. The predicted octanol–water partition coefficient (Wildman–Crippen LogP) is 0.841. The van der Waals surface area contributed by atoms with Crippen LogP contribution in [0.5, 0.6) is 0 Å². The minimum absolute atomic E-state index is 0.103. The van der Waals surface area contributed by atoms with E-state index in [1.165, 1.54) is 17.1 Å². The number of rotatable bonds is 6. The number of hydrogen-bond acceptors (Lipinski definition) is 5. The lowest BCUT2D eigenvalue weighted by Crippen LogP contribution is -2.41. The van der Waals surface area contributed by atoms with Crippen LogP contribution < -0.4 is 5.32 Å². The third-order valence-corrected chi connectivity index (χ3v) is 4.24. The molecule has 0 unspecified atom stereocenters. The molecule has 3 rings (SSSR count). The fourth-order valence-electron chi connectivity index (χ4n) is 3.04. The number of piperidine rings is 1. The summed E-state index contributed by atoms with van der Waals surface area (Å²) in [5, 5.41) is 13.6. The number of amides is 1. The maximum atomic E-state index is 13.8. The Morgan fingerprint density at radius 2 is 2.25 bits per heavy atom. The lowest BCUT2D eigenvalue weighted by atomic mass is 9.97. The Balaban J connectivity index is 1.45. The summed E-state index contributed by atoms with van der Waals surface area (Å²) in [6.45, 7) is 3.18. The summed E-state index contributed by atoms with van der Waals surface area (Å²) in [4.78, 5) is 14.1. The average molecular weight is 332 g/mol. The Bertz CT molecular complexity index is 662.